The topological polar surface area (TPSA) is 59.0 Å². The molecule has 29 heavy (non-hydrogen) atoms. The Balaban J connectivity index is 1.64. The molecule has 4 rings (SSSR count). The van der Waals surface area contributed by atoms with Crippen LogP contribution in [0.3, 0.4) is 0 Å². The Kier molecular flexibility index (Phi) is 5.38. The van der Waals surface area contributed by atoms with Gasteiger partial charge in [-0.3, -0.25) is 9.59 Å². The molecule has 3 aliphatic rings. The largest absolute Gasteiger partial charge is 0.381 e. The van der Waals surface area contributed by atoms with Gasteiger partial charge in [0.1, 0.15) is 0 Å². The molecule has 2 amide bonds. The van der Waals surface area contributed by atoms with Gasteiger partial charge in [-0.25, -0.2) is 4.99 Å². The molecular formula is C23H27ClN2O3. The number of benzene rings is 1. The van der Waals surface area contributed by atoms with Crippen LogP contribution in [0.2, 0.25) is 5.02 Å². The molecule has 1 aromatic carbocycles. The summed E-state index contributed by atoms with van der Waals surface area (Å²) in [6, 6.07) is 2.14. The summed E-state index contributed by atoms with van der Waals surface area (Å²) >= 11 is 6.81. The molecule has 1 fully saturated rings. The number of rotatable bonds is 4. The Hall–Kier alpha value is -1.98. The number of allylic oxidation sites excluding steroid dienone is 1. The van der Waals surface area contributed by atoms with Crippen molar-refractivity contribution < 1.29 is 14.3 Å². The maximum absolute atomic E-state index is 13.4. The van der Waals surface area contributed by atoms with Gasteiger partial charge in [-0.05, 0) is 55.9 Å². The minimum Gasteiger partial charge on any atom is -0.381 e. The maximum Gasteiger partial charge on any atom is 0.255 e. The molecule has 1 aromatic rings. The van der Waals surface area contributed by atoms with E-state index in [9.17, 15) is 9.59 Å². The summed E-state index contributed by atoms with van der Waals surface area (Å²) in [5.74, 6) is 0.0542. The van der Waals surface area contributed by atoms with Crippen LogP contribution in [0.5, 0.6) is 0 Å². The molecule has 154 valence electrons. The van der Waals surface area contributed by atoms with Gasteiger partial charge in [0, 0.05) is 24.7 Å². The number of halogens is 1. The number of fused-ring (bicyclic) bond motifs is 1. The number of ether oxygens (including phenoxy) is 1. The van der Waals surface area contributed by atoms with Gasteiger partial charge in [-0.15, -0.1) is 0 Å². The van der Waals surface area contributed by atoms with E-state index >= 15 is 0 Å². The SMILES string of the molecule is CC1=CC(C)=NC(=O)C1CN1CCc2c(C)cc(C(C)C3COC3)c(Cl)c2C1=O. The third-order valence-electron chi connectivity index (χ3n) is 6.59. The van der Waals surface area contributed by atoms with E-state index in [-0.39, 0.29) is 23.7 Å². The molecule has 0 N–H and O–H groups in total. The number of aliphatic imine (C=N–C) groups is 1. The van der Waals surface area contributed by atoms with E-state index in [2.05, 4.69) is 24.9 Å². The van der Waals surface area contributed by atoms with Crippen molar-refractivity contribution in [3.63, 3.8) is 0 Å². The predicted octanol–water partition coefficient (Wildman–Crippen LogP) is 3.96. The quantitative estimate of drug-likeness (QED) is 0.749. The van der Waals surface area contributed by atoms with Crippen LogP contribution in [-0.4, -0.2) is 48.7 Å². The fourth-order valence-corrected chi connectivity index (χ4v) is 4.98. The van der Waals surface area contributed by atoms with Crippen LogP contribution >= 0.6 is 11.6 Å². The second-order valence-electron chi connectivity index (χ2n) is 8.57. The average molecular weight is 415 g/mol. The fraction of sp³-hybridized carbons (Fsp3) is 0.522. The second-order valence-corrected chi connectivity index (χ2v) is 8.95. The lowest BCUT2D eigenvalue weighted by atomic mass is 9.82. The van der Waals surface area contributed by atoms with Gasteiger partial charge >= 0.3 is 0 Å². The lowest BCUT2D eigenvalue weighted by Crippen LogP contribution is -2.43. The van der Waals surface area contributed by atoms with Gasteiger partial charge in [-0.2, -0.15) is 0 Å². The van der Waals surface area contributed by atoms with Crippen molar-refractivity contribution in [1.29, 1.82) is 0 Å². The molecule has 3 heterocycles. The molecule has 3 aliphatic heterocycles. The maximum atomic E-state index is 13.4. The van der Waals surface area contributed by atoms with Crippen molar-refractivity contribution in [3.8, 4) is 0 Å². The Morgan fingerprint density at radius 2 is 2.00 bits per heavy atom. The van der Waals surface area contributed by atoms with Crippen LogP contribution in [0.25, 0.3) is 0 Å². The number of hydrogen-bond acceptors (Lipinski definition) is 3. The summed E-state index contributed by atoms with van der Waals surface area (Å²) in [4.78, 5) is 31.7. The summed E-state index contributed by atoms with van der Waals surface area (Å²) in [7, 11) is 0. The molecule has 0 radical (unpaired) electrons. The summed E-state index contributed by atoms with van der Waals surface area (Å²) in [6.07, 6.45) is 2.67. The van der Waals surface area contributed by atoms with Crippen molar-refractivity contribution in [2.75, 3.05) is 26.3 Å². The van der Waals surface area contributed by atoms with Gasteiger partial charge < -0.3 is 9.64 Å². The summed E-state index contributed by atoms with van der Waals surface area (Å²) < 4.78 is 5.34. The fourth-order valence-electron chi connectivity index (χ4n) is 4.56. The van der Waals surface area contributed by atoms with Gasteiger partial charge in [0.25, 0.3) is 11.8 Å². The zero-order valence-electron chi connectivity index (χ0n) is 17.4. The molecule has 0 saturated carbocycles. The van der Waals surface area contributed by atoms with E-state index in [1.54, 1.807) is 4.90 Å². The monoisotopic (exact) mass is 414 g/mol. The number of amides is 2. The first kappa shape index (κ1) is 20.3. The molecule has 2 unspecified atom stereocenters. The first-order chi connectivity index (χ1) is 13.8. The zero-order valence-corrected chi connectivity index (χ0v) is 18.2. The highest BCUT2D eigenvalue weighted by Crippen LogP contribution is 2.40. The van der Waals surface area contributed by atoms with Crippen LogP contribution < -0.4 is 0 Å². The molecule has 0 aromatic heterocycles. The first-order valence-electron chi connectivity index (χ1n) is 10.2. The Morgan fingerprint density at radius 3 is 2.62 bits per heavy atom. The number of aryl methyl sites for hydroxylation is 1. The highest BCUT2D eigenvalue weighted by molar-refractivity contribution is 6.35. The standard InChI is InChI=1S/C23H27ClN2O3/c1-12-7-14(3)25-22(27)19(12)9-26-6-5-17-13(2)8-18(15(4)16-10-29-11-16)21(24)20(17)23(26)28/h7-8,15-16,19H,5-6,9-11H2,1-4H3. The van der Waals surface area contributed by atoms with Crippen LogP contribution in [-0.2, 0) is 16.0 Å². The first-order valence-corrected chi connectivity index (χ1v) is 10.6. The number of nitrogens with zero attached hydrogens (tertiary/aromatic N) is 2. The van der Waals surface area contributed by atoms with Crippen LogP contribution in [0.1, 0.15) is 53.7 Å². The molecule has 2 atom stereocenters. The normalized spacial score (nSPS) is 23.3. The van der Waals surface area contributed by atoms with E-state index in [0.717, 1.165) is 47.6 Å². The predicted molar refractivity (Wildman–Crippen MR) is 114 cm³/mol. The van der Waals surface area contributed by atoms with Gasteiger partial charge in [0.05, 0.1) is 29.7 Å². The minimum absolute atomic E-state index is 0.0786. The van der Waals surface area contributed by atoms with Crippen LogP contribution in [0.4, 0.5) is 0 Å². The molecule has 5 nitrogen and oxygen atoms in total. The van der Waals surface area contributed by atoms with Crippen LogP contribution in [0, 0.1) is 18.8 Å². The number of carbonyl (C=O) groups is 2. The van der Waals surface area contributed by atoms with Gasteiger partial charge in [0.2, 0.25) is 0 Å². The molecular weight excluding hydrogens is 388 g/mol. The molecule has 0 bridgehead atoms. The molecule has 1 saturated heterocycles. The average Bonchev–Trinajstić information content (AvgIpc) is 2.60. The van der Waals surface area contributed by atoms with Crippen molar-refractivity contribution in [1.82, 2.24) is 4.90 Å². The summed E-state index contributed by atoms with van der Waals surface area (Å²) in [5.41, 5.74) is 5.46. The van der Waals surface area contributed by atoms with E-state index in [1.807, 2.05) is 19.9 Å². The minimum atomic E-state index is -0.377. The van der Waals surface area contributed by atoms with E-state index in [4.69, 9.17) is 16.3 Å². The van der Waals surface area contributed by atoms with Gasteiger partial charge in [-0.1, -0.05) is 30.2 Å². The third kappa shape index (κ3) is 3.55. The number of hydrogen-bond donors (Lipinski definition) is 0. The molecule has 0 spiro atoms. The number of dihydropyridines is 1. The van der Waals surface area contributed by atoms with E-state index in [1.165, 1.54) is 0 Å². The molecule has 6 heteroatoms. The van der Waals surface area contributed by atoms with Crippen molar-refractivity contribution in [2.24, 2.45) is 16.8 Å². The Labute approximate surface area is 176 Å². The highest BCUT2D eigenvalue weighted by atomic mass is 35.5. The van der Waals surface area contributed by atoms with Gasteiger partial charge in [0.15, 0.2) is 0 Å². The Bertz CT molecular complexity index is 946. The third-order valence-corrected chi connectivity index (χ3v) is 7.00. The van der Waals surface area contributed by atoms with Crippen molar-refractivity contribution >= 4 is 29.1 Å². The Morgan fingerprint density at radius 1 is 1.28 bits per heavy atom. The lowest BCUT2D eigenvalue weighted by Gasteiger charge is -2.36. The van der Waals surface area contributed by atoms with Crippen LogP contribution in [0.15, 0.2) is 22.7 Å². The van der Waals surface area contributed by atoms with E-state index < -0.39 is 0 Å². The smallest absolute Gasteiger partial charge is 0.255 e. The summed E-state index contributed by atoms with van der Waals surface area (Å²) in [5, 5.41) is 0.566. The van der Waals surface area contributed by atoms with E-state index in [0.29, 0.717) is 29.6 Å². The highest BCUT2D eigenvalue weighted by Gasteiger charge is 2.35. The van der Waals surface area contributed by atoms with Crippen molar-refractivity contribution in [2.45, 2.75) is 40.0 Å². The summed E-state index contributed by atoms with van der Waals surface area (Å²) in [6.45, 7) is 10.4. The zero-order chi connectivity index (χ0) is 20.9. The second kappa shape index (κ2) is 7.69. The molecule has 0 aliphatic carbocycles. The number of carbonyl (C=O) groups excluding carboxylic acids is 2. The van der Waals surface area contributed by atoms with Crippen molar-refractivity contribution in [3.05, 3.63) is 45.0 Å². The lowest BCUT2D eigenvalue weighted by molar-refractivity contribution is -0.120.